The van der Waals surface area contributed by atoms with Gasteiger partial charge < -0.3 is 14.1 Å². The third-order valence-corrected chi connectivity index (χ3v) is 6.17. The largest absolute Gasteiger partial charge is 0.486 e. The lowest BCUT2D eigenvalue weighted by molar-refractivity contribution is 0.0745. The Hall–Kier alpha value is -3.80. The molecule has 0 aliphatic rings. The summed E-state index contributed by atoms with van der Waals surface area (Å²) in [4.78, 5) is 14.4. The van der Waals surface area contributed by atoms with Gasteiger partial charge in [0.25, 0.3) is 5.91 Å². The van der Waals surface area contributed by atoms with Crippen LogP contribution < -0.4 is 4.74 Å². The number of carbonyl (C=O) groups is 1. The molecule has 2 aromatic carbocycles. The third kappa shape index (κ3) is 5.06. The number of hydrogen-bond donors (Lipinski definition) is 0. The highest BCUT2D eigenvalue weighted by atomic mass is 16.5. The lowest BCUT2D eigenvalue weighted by atomic mass is 9.78. The predicted molar refractivity (Wildman–Crippen MR) is 132 cm³/mol. The number of amides is 1. The molecule has 176 valence electrons. The van der Waals surface area contributed by atoms with Gasteiger partial charge in [-0.25, -0.2) is 0 Å². The Morgan fingerprint density at radius 3 is 2.41 bits per heavy atom. The number of aromatic nitrogens is 2. The molecule has 1 amide bonds. The molecule has 0 N–H and O–H groups in total. The first-order chi connectivity index (χ1) is 16.4. The van der Waals surface area contributed by atoms with Crippen LogP contribution in [0.1, 0.15) is 53.9 Å². The van der Waals surface area contributed by atoms with Crippen molar-refractivity contribution in [3.05, 3.63) is 107 Å². The molecule has 0 fully saturated rings. The van der Waals surface area contributed by atoms with E-state index in [1.807, 2.05) is 35.9 Å². The highest BCUT2D eigenvalue weighted by molar-refractivity contribution is 5.91. The first kappa shape index (κ1) is 23.4. The molecule has 0 aliphatic heterocycles. The van der Waals surface area contributed by atoms with E-state index in [1.165, 1.54) is 11.1 Å². The third-order valence-electron chi connectivity index (χ3n) is 6.17. The lowest BCUT2D eigenvalue weighted by Gasteiger charge is -2.26. The zero-order valence-corrected chi connectivity index (χ0v) is 20.2. The summed E-state index contributed by atoms with van der Waals surface area (Å²) < 4.78 is 13.5. The van der Waals surface area contributed by atoms with E-state index in [0.29, 0.717) is 18.1 Å². The van der Waals surface area contributed by atoms with Gasteiger partial charge in [0.1, 0.15) is 18.1 Å². The van der Waals surface area contributed by atoms with Crippen molar-refractivity contribution in [3.8, 4) is 5.75 Å². The molecule has 4 rings (SSSR count). The van der Waals surface area contributed by atoms with Gasteiger partial charge in [-0.05, 0) is 48.4 Å². The van der Waals surface area contributed by atoms with Gasteiger partial charge in [0.15, 0.2) is 5.76 Å². The van der Waals surface area contributed by atoms with Gasteiger partial charge >= 0.3 is 0 Å². The Balaban J connectivity index is 1.35. The highest BCUT2D eigenvalue weighted by Crippen LogP contribution is 2.32. The van der Waals surface area contributed by atoms with Crippen molar-refractivity contribution in [2.24, 2.45) is 0 Å². The maximum atomic E-state index is 12.8. The maximum Gasteiger partial charge on any atom is 0.289 e. The molecule has 0 saturated carbocycles. The standard InChI is InChI=1S/C28H31N3O3/c1-5-31-23(17-18-29-31)19-30(4)27(32)26-16-15-25(34-26)20-33-24-13-11-22(12-14-24)28(2,3)21-9-7-6-8-10-21/h6-18H,5,19-20H2,1-4H3. The average molecular weight is 458 g/mol. The minimum absolute atomic E-state index is 0.100. The fourth-order valence-electron chi connectivity index (χ4n) is 4.00. The van der Waals surface area contributed by atoms with E-state index in [-0.39, 0.29) is 17.9 Å². The molecule has 0 radical (unpaired) electrons. The number of ether oxygens (including phenoxy) is 1. The molecule has 2 heterocycles. The first-order valence-corrected chi connectivity index (χ1v) is 11.5. The molecule has 4 aromatic rings. The Kier molecular flexibility index (Phi) is 6.87. The molecule has 0 saturated heterocycles. The van der Waals surface area contributed by atoms with Gasteiger partial charge in [-0.2, -0.15) is 5.10 Å². The van der Waals surface area contributed by atoms with Crippen LogP contribution in [0.15, 0.2) is 83.4 Å². The molecule has 0 spiro atoms. The van der Waals surface area contributed by atoms with Gasteiger partial charge in [-0.3, -0.25) is 9.48 Å². The van der Waals surface area contributed by atoms with Gasteiger partial charge in [-0.1, -0.05) is 56.3 Å². The van der Waals surface area contributed by atoms with Crippen LogP contribution in [-0.4, -0.2) is 27.6 Å². The molecule has 0 bridgehead atoms. The van der Waals surface area contributed by atoms with Crippen molar-refractivity contribution in [2.75, 3.05) is 7.05 Å². The van der Waals surface area contributed by atoms with Crippen molar-refractivity contribution in [3.63, 3.8) is 0 Å². The first-order valence-electron chi connectivity index (χ1n) is 11.5. The second kappa shape index (κ2) is 10.00. The summed E-state index contributed by atoms with van der Waals surface area (Å²) in [5.74, 6) is 1.47. The number of rotatable bonds is 9. The second-order valence-corrected chi connectivity index (χ2v) is 8.87. The Labute approximate surface area is 200 Å². The van der Waals surface area contributed by atoms with Crippen molar-refractivity contribution >= 4 is 5.91 Å². The van der Waals surface area contributed by atoms with E-state index in [0.717, 1.165) is 18.0 Å². The zero-order valence-electron chi connectivity index (χ0n) is 20.2. The Bertz CT molecular complexity index is 1220. The van der Waals surface area contributed by atoms with E-state index in [2.05, 4.69) is 55.3 Å². The number of hydrogen-bond acceptors (Lipinski definition) is 4. The number of carbonyl (C=O) groups excluding carboxylic acids is 1. The zero-order chi connectivity index (χ0) is 24.1. The maximum absolute atomic E-state index is 12.8. The molecule has 0 aliphatic carbocycles. The highest BCUT2D eigenvalue weighted by Gasteiger charge is 2.23. The summed E-state index contributed by atoms with van der Waals surface area (Å²) in [7, 11) is 1.76. The number of benzene rings is 2. The van der Waals surface area contributed by atoms with Crippen LogP contribution in [0.3, 0.4) is 0 Å². The summed E-state index contributed by atoms with van der Waals surface area (Å²) in [6.07, 6.45) is 1.74. The monoisotopic (exact) mass is 457 g/mol. The fraction of sp³-hybridized carbons (Fsp3) is 0.286. The van der Waals surface area contributed by atoms with Crippen molar-refractivity contribution in [1.82, 2.24) is 14.7 Å². The normalized spacial score (nSPS) is 11.4. The van der Waals surface area contributed by atoms with E-state index in [4.69, 9.17) is 9.15 Å². The summed E-state index contributed by atoms with van der Waals surface area (Å²) in [6, 6.07) is 24.0. The van der Waals surface area contributed by atoms with Crippen LogP contribution in [0.2, 0.25) is 0 Å². The Morgan fingerprint density at radius 2 is 1.71 bits per heavy atom. The summed E-state index contributed by atoms with van der Waals surface area (Å²) in [6.45, 7) is 7.93. The molecule has 2 aromatic heterocycles. The smallest absolute Gasteiger partial charge is 0.289 e. The molecular weight excluding hydrogens is 426 g/mol. The van der Waals surface area contributed by atoms with E-state index in [9.17, 15) is 4.79 Å². The molecule has 6 nitrogen and oxygen atoms in total. The molecule has 0 unspecified atom stereocenters. The van der Waals surface area contributed by atoms with Crippen LogP contribution in [0.4, 0.5) is 0 Å². The van der Waals surface area contributed by atoms with Crippen LogP contribution in [0, 0.1) is 0 Å². The molecule has 6 heteroatoms. The second-order valence-electron chi connectivity index (χ2n) is 8.87. The molecule has 34 heavy (non-hydrogen) atoms. The fourth-order valence-corrected chi connectivity index (χ4v) is 4.00. The quantitative estimate of drug-likeness (QED) is 0.325. The summed E-state index contributed by atoms with van der Waals surface area (Å²) >= 11 is 0. The Morgan fingerprint density at radius 1 is 1.00 bits per heavy atom. The minimum atomic E-state index is -0.178. The lowest BCUT2D eigenvalue weighted by Crippen LogP contribution is -2.27. The topological polar surface area (TPSA) is 60.5 Å². The van der Waals surface area contributed by atoms with E-state index >= 15 is 0 Å². The van der Waals surface area contributed by atoms with Gasteiger partial charge in [-0.15, -0.1) is 0 Å². The number of nitrogens with zero attached hydrogens (tertiary/aromatic N) is 3. The molecular formula is C28H31N3O3. The van der Waals surface area contributed by atoms with E-state index in [1.54, 1.807) is 30.3 Å². The van der Waals surface area contributed by atoms with Crippen molar-refractivity contribution < 1.29 is 13.9 Å². The minimum Gasteiger partial charge on any atom is -0.486 e. The van der Waals surface area contributed by atoms with Crippen LogP contribution >= 0.6 is 0 Å². The molecule has 0 atom stereocenters. The van der Waals surface area contributed by atoms with Crippen LogP contribution in [-0.2, 0) is 25.1 Å². The van der Waals surface area contributed by atoms with Gasteiger partial charge in [0, 0.05) is 25.2 Å². The summed E-state index contributed by atoms with van der Waals surface area (Å²) in [5, 5.41) is 4.25. The number of aryl methyl sites for hydroxylation is 1. The van der Waals surface area contributed by atoms with E-state index < -0.39 is 0 Å². The van der Waals surface area contributed by atoms with Crippen LogP contribution in [0.5, 0.6) is 5.75 Å². The number of furan rings is 1. The SMILES string of the molecule is CCn1nccc1CN(C)C(=O)c1ccc(COc2ccc(C(C)(C)c3ccccc3)cc2)o1. The average Bonchev–Trinajstić information content (AvgIpc) is 3.52. The predicted octanol–water partition coefficient (Wildman–Crippen LogP) is 5.67. The van der Waals surface area contributed by atoms with Crippen LogP contribution in [0.25, 0.3) is 0 Å². The van der Waals surface area contributed by atoms with Crippen molar-refractivity contribution in [1.29, 1.82) is 0 Å². The van der Waals surface area contributed by atoms with Gasteiger partial charge in [0.2, 0.25) is 0 Å². The summed E-state index contributed by atoms with van der Waals surface area (Å²) in [5.41, 5.74) is 3.36. The van der Waals surface area contributed by atoms with Gasteiger partial charge in [0.05, 0.1) is 12.2 Å². The van der Waals surface area contributed by atoms with Crippen molar-refractivity contribution in [2.45, 2.75) is 45.9 Å².